The van der Waals surface area contributed by atoms with Crippen molar-refractivity contribution in [3.8, 4) is 28.7 Å². The van der Waals surface area contributed by atoms with Crippen LogP contribution in [0.5, 0.6) is 28.7 Å². The van der Waals surface area contributed by atoms with Gasteiger partial charge in [0.15, 0.2) is 11.5 Å². The van der Waals surface area contributed by atoms with Crippen molar-refractivity contribution in [2.45, 2.75) is 140 Å². The summed E-state index contributed by atoms with van der Waals surface area (Å²) in [6, 6.07) is 25.4. The molecule has 0 unspecified atom stereocenters. The Bertz CT molecular complexity index is 2440. The summed E-state index contributed by atoms with van der Waals surface area (Å²) < 4.78 is 39.2. The lowest BCUT2D eigenvalue weighted by atomic mass is 9.55. The number of benzene rings is 4. The van der Waals surface area contributed by atoms with Crippen molar-refractivity contribution in [2.24, 2.45) is 22.9 Å². The average molecular weight is 973 g/mol. The summed E-state index contributed by atoms with van der Waals surface area (Å²) in [5.74, 6) is 1.27. The van der Waals surface area contributed by atoms with Crippen LogP contribution in [-0.2, 0) is 20.9 Å². The first-order chi connectivity index (χ1) is 34.9. The summed E-state index contributed by atoms with van der Waals surface area (Å²) >= 11 is 0. The zero-order valence-electron chi connectivity index (χ0n) is 42.1. The number of allylic oxidation sites excluding steroid dienone is 1. The number of nitrogens with zero attached hydrogens (tertiary/aromatic N) is 2. The summed E-state index contributed by atoms with van der Waals surface area (Å²) in [6.07, 6.45) is 20.2. The lowest BCUT2D eigenvalue weighted by Crippen LogP contribution is -2.70. The Kier molecular flexibility index (Phi) is 18.8. The summed E-state index contributed by atoms with van der Waals surface area (Å²) in [6.45, 7) is 7.26. The van der Waals surface area contributed by atoms with Crippen molar-refractivity contribution >= 4 is 22.6 Å². The number of aliphatic hydroxyl groups is 2. The van der Waals surface area contributed by atoms with Gasteiger partial charge in [0.05, 0.1) is 24.8 Å². The number of carbonyl (C=O) groups is 1. The normalized spacial score (nSPS) is 22.3. The first-order valence-electron chi connectivity index (χ1n) is 26.5. The molecule has 6 atom stereocenters. The van der Waals surface area contributed by atoms with E-state index in [2.05, 4.69) is 49.9 Å². The van der Waals surface area contributed by atoms with E-state index in [1.54, 1.807) is 18.1 Å². The molecule has 1 amide bonds. The average Bonchev–Trinajstić information content (AvgIpc) is 3.86. The Hall–Kier alpha value is -5.56. The summed E-state index contributed by atoms with van der Waals surface area (Å²) in [7, 11) is 1.56. The maximum absolute atomic E-state index is 15.1. The van der Waals surface area contributed by atoms with Crippen LogP contribution in [0.25, 0.3) is 10.8 Å². The minimum Gasteiger partial charge on any atom is -0.459 e. The Morgan fingerprint density at radius 3 is 2.27 bits per heavy atom. The van der Waals surface area contributed by atoms with Gasteiger partial charge in [0.1, 0.15) is 30.4 Å². The van der Waals surface area contributed by atoms with Gasteiger partial charge in [0.2, 0.25) is 12.6 Å². The number of ether oxygens (including phenoxy) is 6. The van der Waals surface area contributed by atoms with Gasteiger partial charge in [-0.25, -0.2) is 4.79 Å². The fourth-order valence-corrected chi connectivity index (χ4v) is 11.6. The van der Waals surface area contributed by atoms with E-state index in [-0.39, 0.29) is 63.9 Å². The summed E-state index contributed by atoms with van der Waals surface area (Å²) in [5.41, 5.74) is 3.47. The fraction of sp³-hybridized carbons (Fsp3) is 0.525. The highest BCUT2D eigenvalue weighted by atomic mass is 16.7. The molecule has 0 saturated heterocycles. The second-order valence-corrected chi connectivity index (χ2v) is 19.7. The van der Waals surface area contributed by atoms with Crippen LogP contribution < -0.4 is 18.9 Å². The molecule has 0 spiro atoms. The molecule has 382 valence electrons. The second kappa shape index (κ2) is 25.7. The van der Waals surface area contributed by atoms with Crippen LogP contribution in [0.2, 0.25) is 0 Å². The molecular weight excluding hydrogens is 897 g/mol. The van der Waals surface area contributed by atoms with Crippen molar-refractivity contribution in [3.63, 3.8) is 0 Å². The van der Waals surface area contributed by atoms with Gasteiger partial charge >= 0.3 is 6.09 Å². The zero-order valence-corrected chi connectivity index (χ0v) is 42.1. The van der Waals surface area contributed by atoms with Crippen LogP contribution in [-0.4, -0.2) is 79.1 Å². The standard InChI is InChI=1S/C59H76N2O10/c1-4-6-7-8-9-10-11-12-13-20-34-66-58(64)61(40-42-25-29-53-54(35-42)68-41-67-53)55-39-51(60-65-3)49-37-45(23-16-18-31-62)48(24-17-19-32-63)56-50-38-47(70-46-27-26-43-21-14-15-22-44(43)36-46)28-30-52(50)71-59(55,57(49)56)69-33-5-2/h5,14-15,21-22,25-30,35-38,45,48,55-57,62-63H,2,4,6-13,16-20,23-24,31-34,39-41H2,1,3H3/t45-,48+,55-,56+,57+,59+/m0/s1. The molecule has 1 fully saturated rings. The number of unbranched alkanes of at least 4 members (excludes halogenated alkanes) is 11. The monoisotopic (exact) mass is 973 g/mol. The second-order valence-electron chi connectivity index (χ2n) is 19.7. The van der Waals surface area contributed by atoms with Crippen molar-refractivity contribution in [1.29, 1.82) is 0 Å². The van der Waals surface area contributed by atoms with E-state index in [9.17, 15) is 10.2 Å². The molecule has 8 rings (SSSR count). The topological polar surface area (TPSA) is 138 Å². The number of carbonyl (C=O) groups excluding carboxylic acids is 1. The molecule has 2 aliphatic carbocycles. The van der Waals surface area contributed by atoms with Crippen LogP contribution >= 0.6 is 0 Å². The smallest absolute Gasteiger partial charge is 0.410 e. The molecule has 0 aromatic heterocycles. The molecule has 71 heavy (non-hydrogen) atoms. The van der Waals surface area contributed by atoms with Crippen LogP contribution in [0.4, 0.5) is 4.79 Å². The molecule has 0 bridgehead atoms. The molecule has 4 aliphatic rings. The highest BCUT2D eigenvalue weighted by Gasteiger charge is 2.65. The minimum atomic E-state index is -1.46. The third-order valence-electron chi connectivity index (χ3n) is 14.9. The van der Waals surface area contributed by atoms with Crippen LogP contribution in [0.3, 0.4) is 0 Å². The number of fused-ring (bicyclic) bond motifs is 4. The van der Waals surface area contributed by atoms with Gasteiger partial charge in [-0.05, 0) is 108 Å². The molecule has 12 nitrogen and oxygen atoms in total. The molecule has 2 aliphatic heterocycles. The van der Waals surface area contributed by atoms with Crippen molar-refractivity contribution in [2.75, 3.05) is 40.3 Å². The van der Waals surface area contributed by atoms with E-state index < -0.39 is 23.8 Å². The van der Waals surface area contributed by atoms with Crippen molar-refractivity contribution in [1.82, 2.24) is 4.90 Å². The third-order valence-corrected chi connectivity index (χ3v) is 14.9. The van der Waals surface area contributed by atoms with Gasteiger partial charge in [0.25, 0.3) is 0 Å². The quantitative estimate of drug-likeness (QED) is 0.0321. The number of hydrogen-bond acceptors (Lipinski definition) is 11. The fourth-order valence-electron chi connectivity index (χ4n) is 11.6. The number of oxime groups is 1. The summed E-state index contributed by atoms with van der Waals surface area (Å²) in [5, 5.41) is 27.1. The predicted octanol–water partition coefficient (Wildman–Crippen LogP) is 13.2. The maximum atomic E-state index is 15.1. The lowest BCUT2D eigenvalue weighted by molar-refractivity contribution is -0.256. The van der Waals surface area contributed by atoms with E-state index in [1.165, 1.54) is 44.9 Å². The Morgan fingerprint density at radius 2 is 1.51 bits per heavy atom. The van der Waals surface area contributed by atoms with Crippen molar-refractivity contribution < 1.29 is 48.3 Å². The molecule has 12 heteroatoms. The first-order valence-corrected chi connectivity index (χ1v) is 26.5. The van der Waals surface area contributed by atoms with Gasteiger partial charge in [-0.3, -0.25) is 4.90 Å². The largest absolute Gasteiger partial charge is 0.459 e. The minimum absolute atomic E-state index is 0.0485. The lowest BCUT2D eigenvalue weighted by Gasteiger charge is -2.59. The van der Waals surface area contributed by atoms with E-state index in [1.807, 2.05) is 48.5 Å². The first kappa shape index (κ1) is 51.8. The zero-order chi connectivity index (χ0) is 49.4. The highest BCUT2D eigenvalue weighted by molar-refractivity contribution is 6.03. The molecule has 2 heterocycles. The van der Waals surface area contributed by atoms with E-state index in [0.29, 0.717) is 41.6 Å². The summed E-state index contributed by atoms with van der Waals surface area (Å²) in [4.78, 5) is 22.6. The number of amides is 1. The molecular formula is C59H76N2O10. The van der Waals surface area contributed by atoms with Crippen molar-refractivity contribution in [3.05, 3.63) is 114 Å². The van der Waals surface area contributed by atoms with Gasteiger partial charge in [-0.2, -0.15) is 0 Å². The van der Waals surface area contributed by atoms with E-state index in [4.69, 9.17) is 38.4 Å². The van der Waals surface area contributed by atoms with Gasteiger partial charge < -0.3 is 43.5 Å². The number of aliphatic hydroxyl groups excluding tert-OH is 2. The van der Waals surface area contributed by atoms with E-state index >= 15 is 4.79 Å². The maximum Gasteiger partial charge on any atom is 0.410 e. The molecule has 0 radical (unpaired) electrons. The van der Waals surface area contributed by atoms with Gasteiger partial charge in [0, 0.05) is 37.7 Å². The molecule has 4 aromatic carbocycles. The highest BCUT2D eigenvalue weighted by Crippen LogP contribution is 2.62. The molecule has 1 saturated carbocycles. The Labute approximate surface area is 420 Å². The van der Waals surface area contributed by atoms with E-state index in [0.717, 1.165) is 78.2 Å². The van der Waals surface area contributed by atoms with Crippen LogP contribution in [0.15, 0.2) is 108 Å². The Morgan fingerprint density at radius 1 is 0.803 bits per heavy atom. The predicted molar refractivity (Wildman–Crippen MR) is 277 cm³/mol. The van der Waals surface area contributed by atoms with Crippen LogP contribution in [0.1, 0.15) is 133 Å². The third kappa shape index (κ3) is 12.4. The number of rotatable bonds is 28. The molecule has 2 N–H and O–H groups in total. The van der Waals surface area contributed by atoms with Gasteiger partial charge in [-0.15, -0.1) is 6.58 Å². The number of hydrogen-bond donors (Lipinski definition) is 2. The Balaban J connectivity index is 1.20. The SMILES string of the molecule is C=CCO[C@@]12Oc3ccc(Oc4ccc5ccccc5c4)cc3[C@H]3[C@H](CCCCO)[C@@H](CCCCO)C=C(C(=NOC)C[C@@H]1N(Cc1ccc4c(c1)OCO4)C(=O)OCCCCCCCCCCCC)[C@H]32. The van der Waals surface area contributed by atoms with Gasteiger partial charge in [-0.1, -0.05) is 131 Å². The van der Waals surface area contributed by atoms with Crippen LogP contribution in [0, 0.1) is 17.8 Å². The molecule has 4 aromatic rings.